The number of likely N-dealkylation sites (tertiary alicyclic amines) is 1. The third-order valence-corrected chi connectivity index (χ3v) is 6.50. The van der Waals surface area contributed by atoms with Gasteiger partial charge in [-0.25, -0.2) is 9.67 Å². The molecule has 5 rings (SSSR count). The maximum absolute atomic E-state index is 13.7. The van der Waals surface area contributed by atoms with Crippen molar-refractivity contribution >= 4 is 22.8 Å². The van der Waals surface area contributed by atoms with Crippen LogP contribution >= 0.6 is 0 Å². The molecule has 1 N–H and O–H groups in total. The van der Waals surface area contributed by atoms with E-state index in [1.165, 1.54) is 0 Å². The van der Waals surface area contributed by atoms with Gasteiger partial charge in [-0.15, -0.1) is 0 Å². The van der Waals surface area contributed by atoms with Crippen LogP contribution in [0.5, 0.6) is 0 Å². The summed E-state index contributed by atoms with van der Waals surface area (Å²) >= 11 is 0. The summed E-state index contributed by atoms with van der Waals surface area (Å²) in [5.41, 5.74) is 2.87. The monoisotopic (exact) mass is 471 g/mol. The van der Waals surface area contributed by atoms with Crippen LogP contribution < -0.4 is 5.32 Å². The second-order valence-electron chi connectivity index (χ2n) is 8.90. The van der Waals surface area contributed by atoms with Crippen molar-refractivity contribution in [1.82, 2.24) is 25.0 Å². The molecule has 0 radical (unpaired) electrons. The molecule has 2 amide bonds. The van der Waals surface area contributed by atoms with E-state index in [1.807, 2.05) is 60.4 Å². The Bertz CT molecular complexity index is 1310. The van der Waals surface area contributed by atoms with Gasteiger partial charge >= 0.3 is 0 Å². The molecule has 1 aliphatic heterocycles. The minimum Gasteiger partial charge on any atom is -0.467 e. The van der Waals surface area contributed by atoms with E-state index in [0.717, 1.165) is 23.4 Å². The topological polar surface area (TPSA) is 93.3 Å². The number of furan rings is 1. The molecular weight excluding hydrogens is 442 g/mol. The van der Waals surface area contributed by atoms with Crippen molar-refractivity contribution in [2.45, 2.75) is 32.7 Å². The average Bonchev–Trinajstić information content (AvgIpc) is 3.57. The molecule has 4 heterocycles. The highest BCUT2D eigenvalue weighted by Crippen LogP contribution is 2.28. The molecule has 35 heavy (non-hydrogen) atoms. The van der Waals surface area contributed by atoms with Gasteiger partial charge in [0.25, 0.3) is 5.91 Å². The number of piperidine rings is 1. The van der Waals surface area contributed by atoms with Gasteiger partial charge in [0.05, 0.1) is 29.1 Å². The SMILES string of the molecule is CCCNC(=O)C1CCN(C(=O)c2cc(-c3ccccc3)nc3c2cnn3Cc2ccco2)CC1. The maximum atomic E-state index is 13.7. The fourth-order valence-electron chi connectivity index (χ4n) is 4.55. The molecule has 3 aromatic heterocycles. The van der Waals surface area contributed by atoms with Crippen molar-refractivity contribution in [3.8, 4) is 11.3 Å². The van der Waals surface area contributed by atoms with E-state index in [0.29, 0.717) is 55.6 Å². The van der Waals surface area contributed by atoms with Crippen LogP contribution in [-0.4, -0.2) is 51.1 Å². The molecule has 180 valence electrons. The van der Waals surface area contributed by atoms with Gasteiger partial charge in [0, 0.05) is 31.1 Å². The highest BCUT2D eigenvalue weighted by atomic mass is 16.3. The Labute approximate surface area is 203 Å². The van der Waals surface area contributed by atoms with E-state index in [-0.39, 0.29) is 17.7 Å². The summed E-state index contributed by atoms with van der Waals surface area (Å²) in [5.74, 6) is 0.757. The van der Waals surface area contributed by atoms with Gasteiger partial charge < -0.3 is 14.6 Å². The molecule has 8 heteroatoms. The average molecular weight is 472 g/mol. The number of nitrogens with zero attached hydrogens (tertiary/aromatic N) is 4. The third kappa shape index (κ3) is 4.82. The molecule has 0 spiro atoms. The van der Waals surface area contributed by atoms with Crippen LogP contribution in [0.15, 0.2) is 65.4 Å². The molecular formula is C27H29N5O3. The first-order chi connectivity index (χ1) is 17.1. The summed E-state index contributed by atoms with van der Waals surface area (Å²) in [5, 5.41) is 8.22. The fourth-order valence-corrected chi connectivity index (χ4v) is 4.55. The molecule has 4 aromatic rings. The smallest absolute Gasteiger partial charge is 0.254 e. The van der Waals surface area contributed by atoms with Gasteiger partial charge in [-0.1, -0.05) is 37.3 Å². The fraction of sp³-hybridized carbons (Fsp3) is 0.333. The Morgan fingerprint density at radius 3 is 2.63 bits per heavy atom. The number of carbonyl (C=O) groups excluding carboxylic acids is 2. The zero-order valence-corrected chi connectivity index (χ0v) is 19.8. The van der Waals surface area contributed by atoms with Gasteiger partial charge in [0.1, 0.15) is 12.3 Å². The van der Waals surface area contributed by atoms with Crippen LogP contribution in [0.25, 0.3) is 22.3 Å². The number of amides is 2. The number of benzene rings is 1. The van der Waals surface area contributed by atoms with Crippen molar-refractivity contribution in [2.75, 3.05) is 19.6 Å². The van der Waals surface area contributed by atoms with Crippen molar-refractivity contribution in [3.63, 3.8) is 0 Å². The zero-order chi connectivity index (χ0) is 24.2. The highest BCUT2D eigenvalue weighted by Gasteiger charge is 2.29. The predicted molar refractivity (Wildman–Crippen MR) is 133 cm³/mol. The van der Waals surface area contributed by atoms with Gasteiger partial charge in [-0.3, -0.25) is 9.59 Å². The maximum Gasteiger partial charge on any atom is 0.254 e. The van der Waals surface area contributed by atoms with Gasteiger partial charge in [0.2, 0.25) is 5.91 Å². The normalized spacial score (nSPS) is 14.4. The van der Waals surface area contributed by atoms with Crippen molar-refractivity contribution < 1.29 is 14.0 Å². The second-order valence-corrected chi connectivity index (χ2v) is 8.90. The summed E-state index contributed by atoms with van der Waals surface area (Å²) in [4.78, 5) is 32.8. The minimum absolute atomic E-state index is 0.0426. The molecule has 0 atom stereocenters. The molecule has 0 bridgehead atoms. The number of aromatic nitrogens is 3. The Morgan fingerprint density at radius 2 is 1.91 bits per heavy atom. The molecule has 8 nitrogen and oxygen atoms in total. The van der Waals surface area contributed by atoms with Gasteiger partial charge in [-0.05, 0) is 37.5 Å². The summed E-state index contributed by atoms with van der Waals surface area (Å²) in [7, 11) is 0. The number of carbonyl (C=O) groups is 2. The number of rotatable bonds is 7. The standard InChI is InChI=1S/C27H29N5O3/c1-2-12-28-26(33)20-10-13-31(14-11-20)27(34)22-16-24(19-7-4-3-5-8-19)30-25-23(22)17-29-32(25)18-21-9-6-15-35-21/h3-9,15-17,20H,2,10-14,18H2,1H3,(H,28,33). The third-order valence-electron chi connectivity index (χ3n) is 6.50. The Kier molecular flexibility index (Phi) is 6.61. The van der Waals surface area contributed by atoms with Crippen molar-refractivity contribution in [2.24, 2.45) is 5.92 Å². The molecule has 0 aliphatic carbocycles. The highest BCUT2D eigenvalue weighted by molar-refractivity contribution is 6.06. The van der Waals surface area contributed by atoms with E-state index >= 15 is 0 Å². The van der Waals surface area contributed by atoms with Crippen LogP contribution in [0.4, 0.5) is 0 Å². The summed E-state index contributed by atoms with van der Waals surface area (Å²) in [6, 6.07) is 15.4. The van der Waals surface area contributed by atoms with E-state index in [1.54, 1.807) is 17.1 Å². The van der Waals surface area contributed by atoms with Gasteiger partial charge in [-0.2, -0.15) is 5.10 Å². The quantitative estimate of drug-likeness (QED) is 0.438. The Morgan fingerprint density at radius 1 is 1.11 bits per heavy atom. The number of fused-ring (bicyclic) bond motifs is 1. The van der Waals surface area contributed by atoms with E-state index < -0.39 is 0 Å². The van der Waals surface area contributed by atoms with Crippen LogP contribution in [0.1, 0.15) is 42.3 Å². The molecule has 1 aromatic carbocycles. The first-order valence-corrected chi connectivity index (χ1v) is 12.2. The van der Waals surface area contributed by atoms with Crippen LogP contribution in [-0.2, 0) is 11.3 Å². The van der Waals surface area contributed by atoms with E-state index in [9.17, 15) is 9.59 Å². The van der Waals surface area contributed by atoms with Crippen LogP contribution in [0.2, 0.25) is 0 Å². The Balaban J connectivity index is 1.45. The first-order valence-electron chi connectivity index (χ1n) is 12.2. The van der Waals surface area contributed by atoms with Crippen LogP contribution in [0, 0.1) is 5.92 Å². The van der Waals surface area contributed by atoms with E-state index in [2.05, 4.69) is 10.4 Å². The molecule has 1 aliphatic rings. The lowest BCUT2D eigenvalue weighted by Crippen LogP contribution is -2.43. The van der Waals surface area contributed by atoms with Gasteiger partial charge in [0.15, 0.2) is 5.65 Å². The molecule has 0 saturated carbocycles. The van der Waals surface area contributed by atoms with Crippen molar-refractivity contribution in [3.05, 3.63) is 72.3 Å². The summed E-state index contributed by atoms with van der Waals surface area (Å²) < 4.78 is 7.27. The lowest BCUT2D eigenvalue weighted by Gasteiger charge is -2.31. The molecule has 1 fully saturated rings. The summed E-state index contributed by atoms with van der Waals surface area (Å²) in [6.45, 7) is 4.25. The number of pyridine rings is 1. The number of hydrogen-bond donors (Lipinski definition) is 1. The van der Waals surface area contributed by atoms with E-state index in [4.69, 9.17) is 9.40 Å². The summed E-state index contributed by atoms with van der Waals surface area (Å²) in [6.07, 6.45) is 5.58. The minimum atomic E-state index is -0.0560. The number of hydrogen-bond acceptors (Lipinski definition) is 5. The Hall–Kier alpha value is -3.94. The molecule has 1 saturated heterocycles. The van der Waals surface area contributed by atoms with Crippen LogP contribution in [0.3, 0.4) is 0 Å². The predicted octanol–water partition coefficient (Wildman–Crippen LogP) is 4.12. The second kappa shape index (κ2) is 10.1. The lowest BCUT2D eigenvalue weighted by atomic mass is 9.95. The first kappa shape index (κ1) is 22.8. The molecule has 0 unspecified atom stereocenters. The number of nitrogens with one attached hydrogen (secondary N) is 1. The zero-order valence-electron chi connectivity index (χ0n) is 19.8. The largest absolute Gasteiger partial charge is 0.467 e. The lowest BCUT2D eigenvalue weighted by molar-refractivity contribution is -0.126. The van der Waals surface area contributed by atoms with Crippen molar-refractivity contribution in [1.29, 1.82) is 0 Å².